The van der Waals surface area contributed by atoms with Crippen molar-refractivity contribution in [3.05, 3.63) is 89.0 Å². The fourth-order valence-electron chi connectivity index (χ4n) is 3.25. The molecular formula is C23H17ClF2N2O3S. The predicted molar refractivity (Wildman–Crippen MR) is 121 cm³/mol. The van der Waals surface area contributed by atoms with E-state index in [9.17, 15) is 18.4 Å². The van der Waals surface area contributed by atoms with E-state index in [1.807, 2.05) is 0 Å². The zero-order valence-corrected chi connectivity index (χ0v) is 18.1. The summed E-state index contributed by atoms with van der Waals surface area (Å²) in [4.78, 5) is 26.0. The lowest BCUT2D eigenvalue weighted by molar-refractivity contribution is -0.118. The molecule has 1 heterocycles. The number of ether oxygens (including phenoxy) is 1. The highest BCUT2D eigenvalue weighted by molar-refractivity contribution is 8.00. The van der Waals surface area contributed by atoms with E-state index < -0.39 is 17.0 Å². The number of benzene rings is 3. The number of thioether (sulfide) groups is 1. The van der Waals surface area contributed by atoms with Crippen LogP contribution in [0, 0.1) is 11.6 Å². The molecule has 0 radical (unpaired) electrons. The third-order valence-electron chi connectivity index (χ3n) is 4.68. The maximum absolute atomic E-state index is 14.3. The second-order valence-corrected chi connectivity index (χ2v) is 8.44. The van der Waals surface area contributed by atoms with Crippen LogP contribution in [-0.2, 0) is 9.59 Å². The van der Waals surface area contributed by atoms with Crippen molar-refractivity contribution in [1.29, 1.82) is 0 Å². The zero-order chi connectivity index (χ0) is 22.7. The molecule has 2 amide bonds. The summed E-state index contributed by atoms with van der Waals surface area (Å²) in [6, 6.07) is 16.7. The van der Waals surface area contributed by atoms with Crippen LogP contribution in [-0.4, -0.2) is 24.2 Å². The van der Waals surface area contributed by atoms with Crippen LogP contribution in [0.2, 0.25) is 5.02 Å². The average Bonchev–Trinajstić information content (AvgIpc) is 3.15. The lowest BCUT2D eigenvalue weighted by atomic mass is 10.1. The fourth-order valence-corrected chi connectivity index (χ4v) is 4.54. The number of carbonyl (C=O) groups excluding carboxylic acids is 2. The molecule has 9 heteroatoms. The van der Waals surface area contributed by atoms with E-state index in [0.29, 0.717) is 22.0 Å². The van der Waals surface area contributed by atoms with Gasteiger partial charge in [-0.1, -0.05) is 23.7 Å². The first-order valence-electron chi connectivity index (χ1n) is 9.57. The minimum atomic E-state index is -0.811. The summed E-state index contributed by atoms with van der Waals surface area (Å²) >= 11 is 7.15. The third-order valence-corrected chi connectivity index (χ3v) is 6.14. The molecular weight excluding hydrogens is 458 g/mol. The van der Waals surface area contributed by atoms with Gasteiger partial charge in [-0.2, -0.15) is 0 Å². The summed E-state index contributed by atoms with van der Waals surface area (Å²) < 4.78 is 33.1. The van der Waals surface area contributed by atoms with Gasteiger partial charge >= 0.3 is 0 Å². The van der Waals surface area contributed by atoms with Gasteiger partial charge < -0.3 is 10.1 Å². The molecule has 3 aromatic carbocycles. The molecule has 164 valence electrons. The maximum Gasteiger partial charge on any atom is 0.262 e. The van der Waals surface area contributed by atoms with Crippen molar-refractivity contribution in [2.24, 2.45) is 0 Å². The zero-order valence-electron chi connectivity index (χ0n) is 16.6. The highest BCUT2D eigenvalue weighted by Crippen LogP contribution is 2.43. The molecule has 32 heavy (non-hydrogen) atoms. The minimum Gasteiger partial charge on any atom is -0.484 e. The van der Waals surface area contributed by atoms with Crippen molar-refractivity contribution in [3.63, 3.8) is 0 Å². The summed E-state index contributed by atoms with van der Waals surface area (Å²) in [5.41, 5.74) is 1.21. The molecule has 0 saturated carbocycles. The Labute approximate surface area is 192 Å². The molecule has 5 nitrogen and oxygen atoms in total. The van der Waals surface area contributed by atoms with Gasteiger partial charge in [-0.05, 0) is 54.1 Å². The van der Waals surface area contributed by atoms with Gasteiger partial charge in [-0.15, -0.1) is 11.8 Å². The topological polar surface area (TPSA) is 58.6 Å². The minimum absolute atomic E-state index is 0.0113. The molecule has 1 fully saturated rings. The van der Waals surface area contributed by atoms with E-state index >= 15 is 0 Å². The van der Waals surface area contributed by atoms with Crippen molar-refractivity contribution in [2.45, 2.75) is 5.37 Å². The Bertz CT molecular complexity index is 1160. The number of nitrogens with zero attached hydrogens (tertiary/aromatic N) is 1. The molecule has 0 aliphatic carbocycles. The van der Waals surface area contributed by atoms with Gasteiger partial charge in [0.1, 0.15) is 22.8 Å². The molecule has 1 aliphatic rings. The van der Waals surface area contributed by atoms with Crippen molar-refractivity contribution in [2.75, 3.05) is 22.6 Å². The van der Waals surface area contributed by atoms with E-state index in [2.05, 4.69) is 5.32 Å². The molecule has 0 bridgehead atoms. The summed E-state index contributed by atoms with van der Waals surface area (Å²) in [6.45, 7) is -0.199. The summed E-state index contributed by atoms with van der Waals surface area (Å²) in [5.74, 6) is -1.50. The quantitative estimate of drug-likeness (QED) is 0.518. The molecule has 1 N–H and O–H groups in total. The Morgan fingerprint density at radius 3 is 2.66 bits per heavy atom. The number of rotatable bonds is 6. The van der Waals surface area contributed by atoms with Crippen LogP contribution in [0.5, 0.6) is 5.75 Å². The van der Waals surface area contributed by atoms with E-state index in [1.54, 1.807) is 48.5 Å². The molecule has 3 aromatic rings. The first-order valence-corrected chi connectivity index (χ1v) is 11.0. The number of anilines is 2. The lowest BCUT2D eigenvalue weighted by Gasteiger charge is -2.25. The SMILES string of the molecule is O=C(COc1ccc(Cl)cc1)Nc1cccc([C@H]2SCC(=O)N2c2ccc(F)cc2F)c1. The number of hydrogen-bond acceptors (Lipinski definition) is 4. The van der Waals surface area contributed by atoms with Crippen LogP contribution >= 0.6 is 23.4 Å². The van der Waals surface area contributed by atoms with E-state index in [4.69, 9.17) is 16.3 Å². The van der Waals surface area contributed by atoms with E-state index in [-0.39, 0.29) is 29.9 Å². The van der Waals surface area contributed by atoms with Gasteiger partial charge in [0.05, 0.1) is 11.4 Å². The Kier molecular flexibility index (Phi) is 6.62. The molecule has 0 unspecified atom stereocenters. The Balaban J connectivity index is 1.47. The lowest BCUT2D eigenvalue weighted by Crippen LogP contribution is -2.28. The van der Waals surface area contributed by atoms with Gasteiger partial charge in [0.25, 0.3) is 5.91 Å². The van der Waals surface area contributed by atoms with Crippen LogP contribution in [0.1, 0.15) is 10.9 Å². The third kappa shape index (κ3) is 5.03. The van der Waals surface area contributed by atoms with E-state index in [0.717, 1.165) is 12.1 Å². The highest BCUT2D eigenvalue weighted by Gasteiger charge is 2.35. The standard InChI is InChI=1S/C23H17ClF2N2O3S/c24-15-4-7-18(8-5-15)31-12-21(29)27-17-3-1-2-14(10-17)23-28(22(30)13-32-23)20-9-6-16(25)11-19(20)26/h1-11,23H,12-13H2,(H,27,29)/t23-/m1/s1. The summed E-state index contributed by atoms with van der Waals surface area (Å²) in [7, 11) is 0. The van der Waals surface area contributed by atoms with Crippen LogP contribution in [0.25, 0.3) is 0 Å². The second kappa shape index (κ2) is 9.58. The average molecular weight is 475 g/mol. The van der Waals surface area contributed by atoms with Gasteiger partial charge in [-0.25, -0.2) is 8.78 Å². The Morgan fingerprint density at radius 1 is 1.12 bits per heavy atom. The number of carbonyl (C=O) groups is 2. The van der Waals surface area contributed by atoms with Gasteiger partial charge in [0.2, 0.25) is 5.91 Å². The van der Waals surface area contributed by atoms with Crippen molar-refractivity contribution >= 4 is 46.6 Å². The molecule has 4 rings (SSSR count). The maximum atomic E-state index is 14.3. The number of hydrogen-bond donors (Lipinski definition) is 1. The molecule has 0 spiro atoms. The first kappa shape index (κ1) is 22.1. The van der Waals surface area contributed by atoms with Gasteiger partial charge in [-0.3, -0.25) is 14.5 Å². The summed E-state index contributed by atoms with van der Waals surface area (Å²) in [5, 5.41) is 2.80. The van der Waals surface area contributed by atoms with Gasteiger partial charge in [0, 0.05) is 16.8 Å². The second-order valence-electron chi connectivity index (χ2n) is 6.94. The molecule has 1 aliphatic heterocycles. The number of amides is 2. The van der Waals surface area contributed by atoms with E-state index in [1.165, 1.54) is 22.7 Å². The van der Waals surface area contributed by atoms with Crippen LogP contribution < -0.4 is 15.0 Å². The van der Waals surface area contributed by atoms with Crippen molar-refractivity contribution in [3.8, 4) is 5.75 Å². The largest absolute Gasteiger partial charge is 0.484 e. The Morgan fingerprint density at radius 2 is 1.91 bits per heavy atom. The smallest absolute Gasteiger partial charge is 0.262 e. The number of nitrogens with one attached hydrogen (secondary N) is 1. The van der Waals surface area contributed by atoms with Crippen molar-refractivity contribution in [1.82, 2.24) is 0 Å². The first-order chi connectivity index (χ1) is 15.4. The van der Waals surface area contributed by atoms with Crippen molar-refractivity contribution < 1.29 is 23.1 Å². The normalized spacial score (nSPS) is 15.7. The van der Waals surface area contributed by atoms with Gasteiger partial charge in [0.15, 0.2) is 6.61 Å². The fraction of sp³-hybridized carbons (Fsp3) is 0.130. The monoisotopic (exact) mass is 474 g/mol. The highest BCUT2D eigenvalue weighted by atomic mass is 35.5. The van der Waals surface area contributed by atoms with Crippen LogP contribution in [0.15, 0.2) is 66.7 Å². The number of halogens is 3. The molecule has 0 aromatic heterocycles. The predicted octanol–water partition coefficient (Wildman–Crippen LogP) is 5.41. The Hall–Kier alpha value is -3.10. The summed E-state index contributed by atoms with van der Waals surface area (Å²) in [6.07, 6.45) is 0. The van der Waals surface area contributed by atoms with Crippen LogP contribution in [0.3, 0.4) is 0 Å². The van der Waals surface area contributed by atoms with Crippen LogP contribution in [0.4, 0.5) is 20.2 Å². The molecule has 1 atom stereocenters. The molecule has 1 saturated heterocycles.